The lowest BCUT2D eigenvalue weighted by atomic mass is 10.2. The van der Waals surface area contributed by atoms with Gasteiger partial charge in [-0.1, -0.05) is 0 Å². The van der Waals surface area contributed by atoms with E-state index in [1.165, 1.54) is 10.8 Å². The number of morpholine rings is 1. The molecule has 1 fully saturated rings. The van der Waals surface area contributed by atoms with Crippen LogP contribution in [0.3, 0.4) is 0 Å². The van der Waals surface area contributed by atoms with E-state index in [9.17, 15) is 13.2 Å². The number of carbonyl (C=O) groups is 1. The number of amides is 1. The first-order valence-corrected chi connectivity index (χ1v) is 8.48. The van der Waals surface area contributed by atoms with Gasteiger partial charge in [0.25, 0.3) is 9.05 Å². The van der Waals surface area contributed by atoms with Crippen LogP contribution in [0.15, 0.2) is 11.2 Å². The number of aromatic nitrogens is 2. The zero-order valence-electron chi connectivity index (χ0n) is 11.2. The number of halogens is 1. The number of nitrogens with zero attached hydrogens (tertiary/aromatic N) is 3. The zero-order valence-corrected chi connectivity index (χ0v) is 12.8. The fourth-order valence-electron chi connectivity index (χ4n) is 2.13. The van der Waals surface area contributed by atoms with E-state index in [2.05, 4.69) is 4.98 Å². The van der Waals surface area contributed by atoms with E-state index in [0.29, 0.717) is 32.1 Å². The van der Waals surface area contributed by atoms with Crippen LogP contribution in [0.2, 0.25) is 0 Å². The van der Waals surface area contributed by atoms with Crippen molar-refractivity contribution in [1.29, 1.82) is 0 Å². The largest absolute Gasteiger partial charge is 0.378 e. The molecule has 0 bridgehead atoms. The van der Waals surface area contributed by atoms with E-state index in [0.717, 1.165) is 0 Å². The number of aryl methyl sites for hydroxylation is 1. The molecule has 9 heteroatoms. The minimum Gasteiger partial charge on any atom is -0.378 e. The molecule has 2 heterocycles. The van der Waals surface area contributed by atoms with Gasteiger partial charge in [0.1, 0.15) is 11.9 Å². The van der Waals surface area contributed by atoms with Crippen LogP contribution >= 0.6 is 10.7 Å². The van der Waals surface area contributed by atoms with Gasteiger partial charge in [0.15, 0.2) is 5.03 Å². The molecule has 0 radical (unpaired) electrons. The first-order chi connectivity index (χ1) is 9.30. The van der Waals surface area contributed by atoms with E-state index in [-0.39, 0.29) is 10.9 Å². The molecule has 1 amide bonds. The first kappa shape index (κ1) is 15.3. The van der Waals surface area contributed by atoms with E-state index >= 15 is 0 Å². The average molecular weight is 322 g/mol. The van der Waals surface area contributed by atoms with E-state index in [1.807, 2.05) is 0 Å². The lowest BCUT2D eigenvalue weighted by Gasteiger charge is -2.29. The van der Waals surface area contributed by atoms with Crippen LogP contribution in [0.25, 0.3) is 0 Å². The molecule has 1 atom stereocenters. The van der Waals surface area contributed by atoms with Gasteiger partial charge in [-0.2, -0.15) is 0 Å². The van der Waals surface area contributed by atoms with Crippen molar-refractivity contribution in [2.45, 2.75) is 24.9 Å². The first-order valence-electron chi connectivity index (χ1n) is 6.17. The maximum atomic E-state index is 12.3. The van der Waals surface area contributed by atoms with E-state index in [4.69, 9.17) is 15.4 Å². The van der Waals surface area contributed by atoms with Crippen LogP contribution in [-0.2, 0) is 18.6 Å². The normalized spacial score (nSPS) is 18.1. The molecule has 0 saturated carbocycles. The molecule has 0 aromatic carbocycles. The summed E-state index contributed by atoms with van der Waals surface area (Å²) in [6.45, 7) is 5.45. The fraction of sp³-hybridized carbons (Fsp3) is 0.636. The molecule has 1 aromatic heterocycles. The number of rotatable bonds is 3. The SMILES string of the molecule is Cc1nc(S(=O)(=O)Cl)cn1C(C)C(=O)N1CCOCC1. The summed E-state index contributed by atoms with van der Waals surface area (Å²) in [4.78, 5) is 17.9. The van der Waals surface area contributed by atoms with Crippen LogP contribution in [0, 0.1) is 6.92 Å². The Labute approximate surface area is 121 Å². The van der Waals surface area contributed by atoms with Crippen molar-refractivity contribution in [3.05, 3.63) is 12.0 Å². The zero-order chi connectivity index (χ0) is 14.9. The monoisotopic (exact) mass is 321 g/mol. The Bertz CT molecular complexity index is 607. The minimum absolute atomic E-state index is 0.0904. The van der Waals surface area contributed by atoms with Crippen LogP contribution in [-0.4, -0.2) is 55.1 Å². The Morgan fingerprint density at radius 1 is 1.45 bits per heavy atom. The second-order valence-electron chi connectivity index (χ2n) is 4.59. The molecule has 1 saturated heterocycles. The highest BCUT2D eigenvalue weighted by atomic mass is 35.7. The Morgan fingerprint density at radius 3 is 2.55 bits per heavy atom. The second kappa shape index (κ2) is 5.71. The van der Waals surface area contributed by atoms with E-state index in [1.54, 1.807) is 18.7 Å². The lowest BCUT2D eigenvalue weighted by molar-refractivity contribution is -0.138. The quantitative estimate of drug-likeness (QED) is 0.759. The maximum Gasteiger partial charge on any atom is 0.280 e. The van der Waals surface area contributed by atoms with Gasteiger partial charge in [0.05, 0.1) is 13.2 Å². The van der Waals surface area contributed by atoms with Gasteiger partial charge in [0, 0.05) is 30.0 Å². The summed E-state index contributed by atoms with van der Waals surface area (Å²) >= 11 is 0. The topological polar surface area (TPSA) is 81.5 Å². The highest BCUT2D eigenvalue weighted by Crippen LogP contribution is 2.19. The molecule has 7 nitrogen and oxygen atoms in total. The number of carbonyl (C=O) groups excluding carboxylic acids is 1. The molecule has 1 aliphatic rings. The van der Waals surface area contributed by atoms with Gasteiger partial charge in [0.2, 0.25) is 5.91 Å². The molecule has 20 heavy (non-hydrogen) atoms. The van der Waals surface area contributed by atoms with Crippen molar-refractivity contribution in [3.63, 3.8) is 0 Å². The summed E-state index contributed by atoms with van der Waals surface area (Å²) in [6.07, 6.45) is 1.29. The van der Waals surface area contributed by atoms with E-state index < -0.39 is 15.1 Å². The number of ether oxygens (including phenoxy) is 1. The predicted octanol–water partition coefficient (Wildman–Crippen LogP) is 0.539. The molecule has 0 N–H and O–H groups in total. The number of hydrogen-bond donors (Lipinski definition) is 0. The third-order valence-corrected chi connectivity index (χ3v) is 4.41. The highest BCUT2D eigenvalue weighted by Gasteiger charge is 2.26. The van der Waals surface area contributed by atoms with Crippen LogP contribution < -0.4 is 0 Å². The van der Waals surface area contributed by atoms with Gasteiger partial charge in [-0.05, 0) is 13.8 Å². The summed E-state index contributed by atoms with van der Waals surface area (Å²) in [7, 11) is 1.37. The molecule has 1 aromatic rings. The van der Waals surface area contributed by atoms with Crippen molar-refractivity contribution in [2.75, 3.05) is 26.3 Å². The van der Waals surface area contributed by atoms with Crippen LogP contribution in [0.5, 0.6) is 0 Å². The van der Waals surface area contributed by atoms with Gasteiger partial charge >= 0.3 is 0 Å². The minimum atomic E-state index is -3.89. The summed E-state index contributed by atoms with van der Waals surface area (Å²) in [5, 5.41) is -0.238. The van der Waals surface area contributed by atoms with Crippen molar-refractivity contribution in [1.82, 2.24) is 14.5 Å². The van der Waals surface area contributed by atoms with Crippen molar-refractivity contribution in [2.24, 2.45) is 0 Å². The Kier molecular flexibility index (Phi) is 4.36. The average Bonchev–Trinajstić information content (AvgIpc) is 2.80. The van der Waals surface area contributed by atoms with Crippen LogP contribution in [0.4, 0.5) is 0 Å². The van der Waals surface area contributed by atoms with Gasteiger partial charge in [-0.3, -0.25) is 4.79 Å². The molecule has 0 spiro atoms. The molecular formula is C11H16ClN3O4S. The van der Waals surface area contributed by atoms with Crippen LogP contribution in [0.1, 0.15) is 18.8 Å². The maximum absolute atomic E-state index is 12.3. The van der Waals surface area contributed by atoms with Gasteiger partial charge in [-0.25, -0.2) is 13.4 Å². The van der Waals surface area contributed by atoms with Crippen molar-refractivity contribution < 1.29 is 17.9 Å². The van der Waals surface area contributed by atoms with Crippen molar-refractivity contribution in [3.8, 4) is 0 Å². The molecule has 0 aliphatic carbocycles. The number of imidazole rings is 1. The standard InChI is InChI=1S/C11H16ClN3O4S/c1-8(11(16)14-3-5-19-6-4-14)15-7-10(13-9(15)2)20(12,17)18/h7-8H,3-6H2,1-2H3. The fourth-order valence-corrected chi connectivity index (χ4v) is 2.84. The highest BCUT2D eigenvalue weighted by molar-refractivity contribution is 8.13. The molecule has 112 valence electrons. The molecule has 1 aliphatic heterocycles. The number of hydrogen-bond acceptors (Lipinski definition) is 5. The Morgan fingerprint density at radius 2 is 2.05 bits per heavy atom. The Balaban J connectivity index is 2.22. The van der Waals surface area contributed by atoms with Crippen molar-refractivity contribution >= 4 is 25.6 Å². The summed E-state index contributed by atoms with van der Waals surface area (Å²) < 4.78 is 29.3. The summed E-state index contributed by atoms with van der Waals surface area (Å²) in [5.41, 5.74) is 0. The summed E-state index contributed by atoms with van der Waals surface area (Å²) in [6, 6.07) is -0.534. The second-order valence-corrected chi connectivity index (χ2v) is 7.10. The van der Waals surface area contributed by atoms with Gasteiger partial charge in [-0.15, -0.1) is 0 Å². The summed E-state index contributed by atoms with van der Waals surface area (Å²) in [5.74, 6) is 0.339. The molecule has 1 unspecified atom stereocenters. The predicted molar refractivity (Wildman–Crippen MR) is 72.1 cm³/mol. The Hall–Kier alpha value is -1.12. The molecular weight excluding hydrogens is 306 g/mol. The molecule has 2 rings (SSSR count). The third-order valence-electron chi connectivity index (χ3n) is 3.24. The van der Waals surface area contributed by atoms with Gasteiger partial charge < -0.3 is 14.2 Å². The smallest absolute Gasteiger partial charge is 0.280 e. The lowest BCUT2D eigenvalue weighted by Crippen LogP contribution is -2.43. The third kappa shape index (κ3) is 3.13.